The molecule has 0 bridgehead atoms. The predicted molar refractivity (Wildman–Crippen MR) is 52.4 cm³/mol. The molecule has 0 aliphatic rings. The normalized spacial score (nSPS) is 14.1. The second-order valence-corrected chi connectivity index (χ2v) is 4.53. The van der Waals surface area contributed by atoms with Gasteiger partial charge in [0.05, 0.1) is 0 Å². The summed E-state index contributed by atoms with van der Waals surface area (Å²) in [5.41, 5.74) is 0. The molecule has 0 heterocycles. The Kier molecular flexibility index (Phi) is 3.37. The molecule has 0 aromatic rings. The Morgan fingerprint density at radius 1 is 1.30 bits per heavy atom. The first-order valence-electron chi connectivity index (χ1n) is 3.50. The zero-order valence-electron chi connectivity index (χ0n) is 6.93. The summed E-state index contributed by atoms with van der Waals surface area (Å²) in [6, 6.07) is 0. The fourth-order valence-electron chi connectivity index (χ4n) is 0.709. The van der Waals surface area contributed by atoms with Crippen LogP contribution in [0, 0.1) is 5.92 Å². The van der Waals surface area contributed by atoms with Gasteiger partial charge in [-0.15, -0.1) is 19.7 Å². The molecule has 0 N–H and O–H groups in total. The van der Waals surface area contributed by atoms with Gasteiger partial charge in [-0.3, -0.25) is 0 Å². The maximum atomic E-state index is 3.79. The van der Waals surface area contributed by atoms with Crippen molar-refractivity contribution in [1.29, 1.82) is 0 Å². The van der Waals surface area contributed by atoms with Crippen LogP contribution in [0.5, 0.6) is 0 Å². The van der Waals surface area contributed by atoms with Crippen molar-refractivity contribution in [3.63, 3.8) is 0 Å². The van der Waals surface area contributed by atoms with Gasteiger partial charge in [-0.05, 0) is 11.0 Å². The van der Waals surface area contributed by atoms with Crippen molar-refractivity contribution in [2.24, 2.45) is 5.92 Å². The average Bonchev–Trinajstić information content (AvgIpc) is 2.01. The van der Waals surface area contributed by atoms with Crippen LogP contribution in [0.4, 0.5) is 0 Å². The van der Waals surface area contributed by atoms with Gasteiger partial charge in [0.25, 0.3) is 0 Å². The highest BCUT2D eigenvalue weighted by atomic mass is 28.1. The molecule has 0 aromatic carbocycles. The fourth-order valence-corrected chi connectivity index (χ4v) is 0.945. The molecule has 0 nitrogen and oxygen atoms in total. The fraction of sp³-hybridized carbons (Fsp3) is 0.333. The van der Waals surface area contributed by atoms with Crippen LogP contribution in [-0.4, -0.2) is 10.2 Å². The summed E-state index contributed by atoms with van der Waals surface area (Å²) in [6.45, 7) is 13.5. The Labute approximate surface area is 66.8 Å². The first-order valence-corrected chi connectivity index (χ1v) is 4.50. The monoisotopic (exact) mass is 152 g/mol. The van der Waals surface area contributed by atoms with E-state index in [0.29, 0.717) is 5.92 Å². The molecular formula is C9H16Si. The molecule has 1 heteroatoms. The van der Waals surface area contributed by atoms with Crippen LogP contribution in [-0.2, 0) is 0 Å². The standard InChI is InChI=1S/C9H16Si/c1-5-8(4)9(10,6-2)7-3/h5-8H,1-3H2,4,10H3. The Hall–Kier alpha value is -0.563. The molecule has 0 aliphatic carbocycles. The van der Waals surface area contributed by atoms with Gasteiger partial charge in [-0.1, -0.05) is 25.2 Å². The van der Waals surface area contributed by atoms with E-state index in [2.05, 4.69) is 26.7 Å². The molecule has 0 aliphatic heterocycles. The zero-order chi connectivity index (χ0) is 8.20. The molecule has 0 fully saturated rings. The minimum atomic E-state index is 0.141. The summed E-state index contributed by atoms with van der Waals surface area (Å²) in [7, 11) is 1.06. The molecule has 0 spiro atoms. The molecule has 0 rings (SSSR count). The summed E-state index contributed by atoms with van der Waals surface area (Å²) in [5, 5.41) is 0.141. The summed E-state index contributed by atoms with van der Waals surface area (Å²) >= 11 is 0. The molecule has 1 unspecified atom stereocenters. The third kappa shape index (κ3) is 1.71. The van der Waals surface area contributed by atoms with Crippen molar-refractivity contribution in [3.05, 3.63) is 38.0 Å². The quantitative estimate of drug-likeness (QED) is 0.425. The lowest BCUT2D eigenvalue weighted by atomic mass is 9.93. The van der Waals surface area contributed by atoms with Crippen molar-refractivity contribution < 1.29 is 0 Å². The molecule has 0 amide bonds. The van der Waals surface area contributed by atoms with Gasteiger partial charge in [-0.25, -0.2) is 0 Å². The van der Waals surface area contributed by atoms with Gasteiger partial charge in [0.15, 0.2) is 0 Å². The molecule has 0 saturated heterocycles. The minimum absolute atomic E-state index is 0.141. The summed E-state index contributed by atoms with van der Waals surface area (Å²) in [5.74, 6) is 0.467. The Morgan fingerprint density at radius 3 is 1.80 bits per heavy atom. The highest BCUT2D eigenvalue weighted by molar-refractivity contribution is 6.18. The molecule has 56 valence electrons. The average molecular weight is 152 g/mol. The topological polar surface area (TPSA) is 0 Å². The van der Waals surface area contributed by atoms with Gasteiger partial charge in [0, 0.05) is 10.2 Å². The second kappa shape index (κ2) is 3.57. The van der Waals surface area contributed by atoms with E-state index in [1.165, 1.54) is 0 Å². The van der Waals surface area contributed by atoms with Crippen LogP contribution in [0.15, 0.2) is 38.0 Å². The predicted octanol–water partition coefficient (Wildman–Crippen LogP) is 1.70. The summed E-state index contributed by atoms with van der Waals surface area (Å²) in [6.07, 6.45) is 5.90. The van der Waals surface area contributed by atoms with E-state index in [4.69, 9.17) is 0 Å². The van der Waals surface area contributed by atoms with Crippen LogP contribution >= 0.6 is 0 Å². The number of rotatable bonds is 4. The minimum Gasteiger partial charge on any atom is -0.103 e. The van der Waals surface area contributed by atoms with Gasteiger partial charge in [0.2, 0.25) is 0 Å². The Bertz CT molecular complexity index is 139. The van der Waals surface area contributed by atoms with Crippen LogP contribution in [0.3, 0.4) is 0 Å². The maximum Gasteiger partial charge on any atom is 0.0209 e. The van der Waals surface area contributed by atoms with E-state index in [1.54, 1.807) is 0 Å². The summed E-state index contributed by atoms with van der Waals surface area (Å²) in [4.78, 5) is 0. The molecule has 0 aromatic heterocycles. The van der Waals surface area contributed by atoms with Gasteiger partial charge in [0.1, 0.15) is 0 Å². The highest BCUT2D eigenvalue weighted by Gasteiger charge is 2.20. The lowest BCUT2D eigenvalue weighted by Crippen LogP contribution is -2.14. The van der Waals surface area contributed by atoms with Gasteiger partial charge < -0.3 is 0 Å². The number of allylic oxidation sites excluding steroid dienone is 3. The van der Waals surface area contributed by atoms with Crippen molar-refractivity contribution in [1.82, 2.24) is 0 Å². The maximum absolute atomic E-state index is 3.79. The van der Waals surface area contributed by atoms with Crippen molar-refractivity contribution >= 4 is 10.2 Å². The first kappa shape index (κ1) is 9.44. The van der Waals surface area contributed by atoms with Crippen molar-refractivity contribution in [2.75, 3.05) is 0 Å². The SMILES string of the molecule is C=CC(C)C([SiH3])(C=C)C=C. The van der Waals surface area contributed by atoms with Crippen molar-refractivity contribution in [3.8, 4) is 0 Å². The third-order valence-corrected chi connectivity index (χ3v) is 3.94. The third-order valence-electron chi connectivity index (χ3n) is 2.21. The van der Waals surface area contributed by atoms with Crippen LogP contribution in [0.2, 0.25) is 5.04 Å². The van der Waals surface area contributed by atoms with E-state index in [1.807, 2.05) is 18.2 Å². The van der Waals surface area contributed by atoms with E-state index in [-0.39, 0.29) is 5.04 Å². The van der Waals surface area contributed by atoms with Gasteiger partial charge >= 0.3 is 0 Å². The van der Waals surface area contributed by atoms with E-state index in [0.717, 1.165) is 10.2 Å². The number of hydrogen-bond donors (Lipinski definition) is 0. The Balaban J connectivity index is 4.45. The second-order valence-electron chi connectivity index (χ2n) is 2.80. The molecule has 1 atom stereocenters. The van der Waals surface area contributed by atoms with Crippen LogP contribution in [0.1, 0.15) is 6.92 Å². The van der Waals surface area contributed by atoms with Crippen LogP contribution in [0.25, 0.3) is 0 Å². The van der Waals surface area contributed by atoms with Crippen LogP contribution < -0.4 is 0 Å². The lowest BCUT2D eigenvalue weighted by Gasteiger charge is -2.26. The van der Waals surface area contributed by atoms with Gasteiger partial charge in [-0.2, -0.15) is 0 Å². The first-order chi connectivity index (χ1) is 4.60. The largest absolute Gasteiger partial charge is 0.103 e. The molecule has 0 saturated carbocycles. The lowest BCUT2D eigenvalue weighted by molar-refractivity contribution is 0.637. The number of hydrogen-bond acceptors (Lipinski definition) is 0. The van der Waals surface area contributed by atoms with E-state index in [9.17, 15) is 0 Å². The smallest absolute Gasteiger partial charge is 0.0209 e. The molecular weight excluding hydrogens is 136 g/mol. The van der Waals surface area contributed by atoms with Crippen molar-refractivity contribution in [2.45, 2.75) is 12.0 Å². The molecule has 0 radical (unpaired) electrons. The summed E-state index contributed by atoms with van der Waals surface area (Å²) < 4.78 is 0. The Morgan fingerprint density at radius 2 is 1.70 bits per heavy atom. The van der Waals surface area contributed by atoms with E-state index >= 15 is 0 Å². The van der Waals surface area contributed by atoms with E-state index < -0.39 is 0 Å². The highest BCUT2D eigenvalue weighted by Crippen LogP contribution is 2.34. The zero-order valence-corrected chi connectivity index (χ0v) is 8.93. The molecule has 10 heavy (non-hydrogen) atoms.